The first-order valence-corrected chi connectivity index (χ1v) is 6.27. The minimum Gasteiger partial charge on any atom is -0.308 e. The van der Waals surface area contributed by atoms with Gasteiger partial charge in [-0.05, 0) is 30.5 Å². The van der Waals surface area contributed by atoms with Crippen molar-refractivity contribution in [3.8, 4) is 0 Å². The maximum absolute atomic E-state index is 13.2. The predicted molar refractivity (Wildman–Crippen MR) is 67.0 cm³/mol. The van der Waals surface area contributed by atoms with Crippen molar-refractivity contribution in [1.29, 1.82) is 0 Å². The van der Waals surface area contributed by atoms with Gasteiger partial charge in [-0.25, -0.2) is 4.39 Å². The van der Waals surface area contributed by atoms with E-state index < -0.39 is 0 Å². The second kappa shape index (κ2) is 6.10. The summed E-state index contributed by atoms with van der Waals surface area (Å²) in [6, 6.07) is 7.54. The van der Waals surface area contributed by atoms with Crippen LogP contribution in [0.25, 0.3) is 0 Å². The van der Waals surface area contributed by atoms with Crippen molar-refractivity contribution in [2.45, 2.75) is 31.8 Å². The Labute approximate surface area is 102 Å². The minimum atomic E-state index is -0.164. The van der Waals surface area contributed by atoms with E-state index in [2.05, 4.69) is 23.1 Å². The largest absolute Gasteiger partial charge is 0.308 e. The van der Waals surface area contributed by atoms with Crippen LogP contribution in [0.5, 0.6) is 0 Å². The molecule has 1 aromatic rings. The molecule has 1 fully saturated rings. The Morgan fingerprint density at radius 3 is 3.06 bits per heavy atom. The van der Waals surface area contributed by atoms with E-state index in [0.29, 0.717) is 6.04 Å². The van der Waals surface area contributed by atoms with Crippen LogP contribution in [-0.2, 0) is 0 Å². The first kappa shape index (κ1) is 12.5. The summed E-state index contributed by atoms with van der Waals surface area (Å²) in [6.45, 7) is 4.04. The monoisotopic (exact) mass is 237 g/mol. The molecule has 1 aromatic carbocycles. The zero-order valence-corrected chi connectivity index (χ0v) is 10.2. The van der Waals surface area contributed by atoms with Crippen molar-refractivity contribution in [1.82, 2.24) is 16.2 Å². The third-order valence-corrected chi connectivity index (χ3v) is 3.19. The van der Waals surface area contributed by atoms with Crippen molar-refractivity contribution >= 4 is 0 Å². The molecule has 0 saturated carbocycles. The molecule has 1 saturated heterocycles. The number of halogens is 1. The van der Waals surface area contributed by atoms with E-state index in [0.717, 1.165) is 31.5 Å². The van der Waals surface area contributed by atoms with E-state index in [1.54, 1.807) is 12.1 Å². The smallest absolute Gasteiger partial charge is 0.123 e. The van der Waals surface area contributed by atoms with Crippen LogP contribution in [0.15, 0.2) is 24.3 Å². The molecule has 4 heteroatoms. The first-order valence-electron chi connectivity index (χ1n) is 6.27. The SMILES string of the molecule is CCC(NCC1CCNN1)c1cccc(F)c1. The van der Waals surface area contributed by atoms with Crippen molar-refractivity contribution in [2.24, 2.45) is 0 Å². The van der Waals surface area contributed by atoms with E-state index in [-0.39, 0.29) is 11.9 Å². The van der Waals surface area contributed by atoms with Gasteiger partial charge in [-0.1, -0.05) is 19.1 Å². The van der Waals surface area contributed by atoms with Crippen LogP contribution >= 0.6 is 0 Å². The Morgan fingerprint density at radius 1 is 1.53 bits per heavy atom. The summed E-state index contributed by atoms with van der Waals surface area (Å²) >= 11 is 0. The van der Waals surface area contributed by atoms with E-state index in [1.807, 2.05) is 6.07 Å². The van der Waals surface area contributed by atoms with Crippen LogP contribution < -0.4 is 16.2 Å². The molecule has 0 bridgehead atoms. The van der Waals surface area contributed by atoms with Gasteiger partial charge in [0.05, 0.1) is 0 Å². The van der Waals surface area contributed by atoms with Crippen LogP contribution in [0.4, 0.5) is 4.39 Å². The van der Waals surface area contributed by atoms with Crippen molar-refractivity contribution in [3.63, 3.8) is 0 Å². The lowest BCUT2D eigenvalue weighted by atomic mass is 10.0. The molecule has 2 atom stereocenters. The summed E-state index contributed by atoms with van der Waals surface area (Å²) < 4.78 is 13.2. The maximum atomic E-state index is 13.2. The molecular formula is C13H20FN3. The van der Waals surface area contributed by atoms with E-state index >= 15 is 0 Å². The molecule has 3 nitrogen and oxygen atoms in total. The van der Waals surface area contributed by atoms with Gasteiger partial charge in [-0.3, -0.25) is 10.9 Å². The molecule has 0 aromatic heterocycles. The molecule has 0 spiro atoms. The molecule has 0 aliphatic carbocycles. The van der Waals surface area contributed by atoms with Crippen LogP contribution in [-0.4, -0.2) is 19.1 Å². The maximum Gasteiger partial charge on any atom is 0.123 e. The molecule has 2 rings (SSSR count). The summed E-state index contributed by atoms with van der Waals surface area (Å²) in [5, 5.41) is 3.49. The summed E-state index contributed by atoms with van der Waals surface area (Å²) in [7, 11) is 0. The fourth-order valence-corrected chi connectivity index (χ4v) is 2.19. The summed E-state index contributed by atoms with van der Waals surface area (Å²) in [6.07, 6.45) is 2.09. The molecule has 3 N–H and O–H groups in total. The lowest BCUT2D eigenvalue weighted by molar-refractivity contribution is 0.448. The number of hydrazine groups is 1. The van der Waals surface area contributed by atoms with Crippen LogP contribution in [0.2, 0.25) is 0 Å². The van der Waals surface area contributed by atoms with Crippen LogP contribution in [0.1, 0.15) is 31.4 Å². The van der Waals surface area contributed by atoms with Gasteiger partial charge in [0, 0.05) is 25.2 Å². The lowest BCUT2D eigenvalue weighted by Crippen LogP contribution is -2.39. The van der Waals surface area contributed by atoms with E-state index in [1.165, 1.54) is 6.07 Å². The molecule has 1 aliphatic rings. The first-order chi connectivity index (χ1) is 8.29. The van der Waals surface area contributed by atoms with Crippen molar-refractivity contribution in [3.05, 3.63) is 35.6 Å². The predicted octanol–water partition coefficient (Wildman–Crippen LogP) is 1.73. The topological polar surface area (TPSA) is 36.1 Å². The normalized spacial score (nSPS) is 21.6. The lowest BCUT2D eigenvalue weighted by Gasteiger charge is -2.20. The number of hydrogen-bond donors (Lipinski definition) is 3. The van der Waals surface area contributed by atoms with Crippen LogP contribution in [0, 0.1) is 5.82 Å². The molecular weight excluding hydrogens is 217 g/mol. The molecule has 94 valence electrons. The highest BCUT2D eigenvalue weighted by Gasteiger charge is 2.16. The van der Waals surface area contributed by atoms with E-state index in [9.17, 15) is 4.39 Å². The summed E-state index contributed by atoms with van der Waals surface area (Å²) in [5.74, 6) is -0.164. The molecule has 2 unspecified atom stereocenters. The Balaban J connectivity index is 1.91. The minimum absolute atomic E-state index is 0.164. The molecule has 0 radical (unpaired) electrons. The molecule has 1 heterocycles. The summed E-state index contributed by atoms with van der Waals surface area (Å²) in [4.78, 5) is 0. The van der Waals surface area contributed by atoms with E-state index in [4.69, 9.17) is 0 Å². The Bertz CT molecular complexity index is 350. The van der Waals surface area contributed by atoms with Gasteiger partial charge in [0.1, 0.15) is 5.82 Å². The fraction of sp³-hybridized carbons (Fsp3) is 0.538. The molecule has 0 amide bonds. The second-order valence-electron chi connectivity index (χ2n) is 4.48. The highest BCUT2D eigenvalue weighted by Crippen LogP contribution is 2.17. The number of nitrogens with one attached hydrogen (secondary N) is 3. The van der Waals surface area contributed by atoms with Gasteiger partial charge in [0.25, 0.3) is 0 Å². The molecule has 1 aliphatic heterocycles. The van der Waals surface area contributed by atoms with Crippen molar-refractivity contribution < 1.29 is 4.39 Å². The Hall–Kier alpha value is -0.970. The highest BCUT2D eigenvalue weighted by molar-refractivity contribution is 5.20. The average molecular weight is 237 g/mol. The Kier molecular flexibility index (Phi) is 4.48. The second-order valence-corrected chi connectivity index (χ2v) is 4.48. The number of hydrogen-bond acceptors (Lipinski definition) is 3. The third-order valence-electron chi connectivity index (χ3n) is 3.19. The van der Waals surface area contributed by atoms with Gasteiger partial charge >= 0.3 is 0 Å². The number of benzene rings is 1. The standard InChI is InChI=1S/C13H20FN3/c1-2-13(10-4-3-5-11(14)8-10)15-9-12-6-7-16-17-12/h3-5,8,12-13,15-17H,2,6-7,9H2,1H3. The van der Waals surface area contributed by atoms with Gasteiger partial charge < -0.3 is 5.32 Å². The quantitative estimate of drug-likeness (QED) is 0.730. The highest BCUT2D eigenvalue weighted by atomic mass is 19.1. The van der Waals surface area contributed by atoms with Crippen molar-refractivity contribution in [2.75, 3.05) is 13.1 Å². The Morgan fingerprint density at radius 2 is 2.41 bits per heavy atom. The number of rotatable bonds is 5. The van der Waals surface area contributed by atoms with Gasteiger partial charge in [0.2, 0.25) is 0 Å². The zero-order chi connectivity index (χ0) is 12.1. The van der Waals surface area contributed by atoms with Gasteiger partial charge in [-0.2, -0.15) is 0 Å². The third kappa shape index (κ3) is 3.49. The zero-order valence-electron chi connectivity index (χ0n) is 10.2. The van der Waals surface area contributed by atoms with Gasteiger partial charge in [0.15, 0.2) is 0 Å². The summed E-state index contributed by atoms with van der Waals surface area (Å²) in [5.41, 5.74) is 7.35. The molecule has 17 heavy (non-hydrogen) atoms. The van der Waals surface area contributed by atoms with Gasteiger partial charge in [-0.15, -0.1) is 0 Å². The fourth-order valence-electron chi connectivity index (χ4n) is 2.19. The average Bonchev–Trinajstić information content (AvgIpc) is 2.83. The van der Waals surface area contributed by atoms with Crippen LogP contribution in [0.3, 0.4) is 0 Å².